The minimum Gasteiger partial charge on any atom is -0.507 e. The molecule has 1 saturated heterocycles. The van der Waals surface area contributed by atoms with Gasteiger partial charge in [-0.05, 0) is 55.3 Å². The van der Waals surface area contributed by atoms with Crippen LogP contribution in [0.4, 0.5) is 5.69 Å². The Morgan fingerprint density at radius 3 is 2.34 bits per heavy atom. The van der Waals surface area contributed by atoms with Crippen molar-refractivity contribution in [2.75, 3.05) is 18.6 Å². The van der Waals surface area contributed by atoms with Gasteiger partial charge in [0.2, 0.25) is 0 Å². The minimum atomic E-state index is -0.906. The Balaban J connectivity index is 1.98. The number of nitrogens with zero attached hydrogens (tertiary/aromatic N) is 1. The molecule has 8 heteroatoms. The first kappa shape index (κ1) is 24.6. The molecule has 1 atom stereocenters. The van der Waals surface area contributed by atoms with Crippen molar-refractivity contribution in [2.45, 2.75) is 19.9 Å². The number of ketones is 1. The molecule has 0 aliphatic carbocycles. The molecule has 3 aromatic carbocycles. The van der Waals surface area contributed by atoms with Crippen molar-refractivity contribution < 1.29 is 24.2 Å². The van der Waals surface area contributed by atoms with Gasteiger partial charge in [-0.2, -0.15) is 0 Å². The average molecular weight is 512 g/mol. The van der Waals surface area contributed by atoms with E-state index in [9.17, 15) is 14.7 Å². The zero-order valence-corrected chi connectivity index (χ0v) is 20.9. The van der Waals surface area contributed by atoms with E-state index < -0.39 is 23.5 Å². The fraction of sp³-hybridized carbons (Fsp3) is 0.185. The summed E-state index contributed by atoms with van der Waals surface area (Å²) in [6.45, 7) is 4.17. The topological polar surface area (TPSA) is 76.1 Å². The van der Waals surface area contributed by atoms with Gasteiger partial charge in [0.1, 0.15) is 11.5 Å². The van der Waals surface area contributed by atoms with E-state index >= 15 is 0 Å². The second-order valence-electron chi connectivity index (χ2n) is 7.93. The van der Waals surface area contributed by atoms with Gasteiger partial charge < -0.3 is 14.6 Å². The Labute approximate surface area is 213 Å². The highest BCUT2D eigenvalue weighted by atomic mass is 35.5. The summed E-state index contributed by atoms with van der Waals surface area (Å²) < 4.78 is 10.8. The Hall–Kier alpha value is -3.48. The number of rotatable bonds is 6. The molecule has 4 rings (SSSR count). The molecule has 1 unspecified atom stereocenters. The number of amides is 1. The molecule has 1 fully saturated rings. The van der Waals surface area contributed by atoms with Crippen molar-refractivity contribution in [3.63, 3.8) is 0 Å². The SMILES string of the molecule is CCOc1cccc(C2/C(=C(\O)c3cc(Cl)c(OC)c(Cl)c3)C(=O)C(=O)N2c2ccccc2C)c1. The number of para-hydroxylation sites is 1. The summed E-state index contributed by atoms with van der Waals surface area (Å²) >= 11 is 12.6. The van der Waals surface area contributed by atoms with Crippen molar-refractivity contribution in [3.8, 4) is 11.5 Å². The van der Waals surface area contributed by atoms with Crippen LogP contribution in [0, 0.1) is 6.92 Å². The zero-order valence-electron chi connectivity index (χ0n) is 19.3. The zero-order chi connectivity index (χ0) is 25.3. The van der Waals surface area contributed by atoms with Crippen molar-refractivity contribution in [1.29, 1.82) is 0 Å². The van der Waals surface area contributed by atoms with Crippen LogP contribution in [0.1, 0.15) is 29.7 Å². The molecule has 0 bridgehead atoms. The molecule has 0 aromatic heterocycles. The highest BCUT2D eigenvalue weighted by Crippen LogP contribution is 2.45. The Kier molecular flexibility index (Phi) is 7.05. The Bertz CT molecular complexity index is 1330. The van der Waals surface area contributed by atoms with Gasteiger partial charge >= 0.3 is 0 Å². The summed E-state index contributed by atoms with van der Waals surface area (Å²) in [5.41, 5.74) is 2.08. The van der Waals surface area contributed by atoms with E-state index in [4.69, 9.17) is 32.7 Å². The normalized spacial score (nSPS) is 17.1. The predicted molar refractivity (Wildman–Crippen MR) is 137 cm³/mol. The smallest absolute Gasteiger partial charge is 0.300 e. The summed E-state index contributed by atoms with van der Waals surface area (Å²) in [4.78, 5) is 28.1. The predicted octanol–water partition coefficient (Wildman–Crippen LogP) is 6.34. The first-order chi connectivity index (χ1) is 16.8. The first-order valence-corrected chi connectivity index (χ1v) is 11.7. The lowest BCUT2D eigenvalue weighted by Crippen LogP contribution is -2.30. The molecule has 0 radical (unpaired) electrons. The molecule has 6 nitrogen and oxygen atoms in total. The van der Waals surface area contributed by atoms with E-state index in [2.05, 4.69) is 0 Å². The summed E-state index contributed by atoms with van der Waals surface area (Å²) in [6, 6.07) is 16.3. The van der Waals surface area contributed by atoms with Gasteiger partial charge in [0.05, 0.1) is 35.4 Å². The van der Waals surface area contributed by atoms with Crippen LogP contribution >= 0.6 is 23.2 Å². The number of aryl methyl sites for hydroxylation is 1. The maximum absolute atomic E-state index is 13.4. The molecular weight excluding hydrogens is 489 g/mol. The molecule has 180 valence electrons. The van der Waals surface area contributed by atoms with E-state index in [1.54, 1.807) is 36.4 Å². The quantitative estimate of drug-likeness (QED) is 0.237. The molecule has 1 N–H and O–H groups in total. The summed E-state index contributed by atoms with van der Waals surface area (Å²) in [6.07, 6.45) is 0. The van der Waals surface area contributed by atoms with Gasteiger partial charge in [-0.1, -0.05) is 53.5 Å². The van der Waals surface area contributed by atoms with Crippen LogP contribution in [-0.4, -0.2) is 30.5 Å². The maximum Gasteiger partial charge on any atom is 0.300 e. The number of anilines is 1. The van der Waals surface area contributed by atoms with Gasteiger partial charge in [-0.3, -0.25) is 14.5 Å². The van der Waals surface area contributed by atoms with Crippen LogP contribution < -0.4 is 14.4 Å². The molecule has 1 aliphatic rings. The van der Waals surface area contributed by atoms with Gasteiger partial charge in [0.25, 0.3) is 11.7 Å². The number of ether oxygens (including phenoxy) is 2. The van der Waals surface area contributed by atoms with Crippen molar-refractivity contribution >= 4 is 46.3 Å². The molecule has 0 saturated carbocycles. The van der Waals surface area contributed by atoms with Crippen LogP contribution in [0.25, 0.3) is 5.76 Å². The fourth-order valence-electron chi connectivity index (χ4n) is 4.22. The summed E-state index contributed by atoms with van der Waals surface area (Å²) in [7, 11) is 1.42. The Morgan fingerprint density at radius 2 is 1.71 bits per heavy atom. The minimum absolute atomic E-state index is 0.0794. The molecule has 35 heavy (non-hydrogen) atoms. The molecular formula is C27H23Cl2NO5. The van der Waals surface area contributed by atoms with Crippen LogP contribution in [0.15, 0.2) is 66.2 Å². The third kappa shape index (κ3) is 4.47. The lowest BCUT2D eigenvalue weighted by molar-refractivity contribution is -0.132. The molecule has 1 heterocycles. The maximum atomic E-state index is 13.4. The molecule has 3 aromatic rings. The van der Waals surface area contributed by atoms with E-state index in [0.29, 0.717) is 23.6 Å². The first-order valence-electron chi connectivity index (χ1n) is 10.9. The van der Waals surface area contributed by atoms with Crippen LogP contribution in [0.3, 0.4) is 0 Å². The summed E-state index contributed by atoms with van der Waals surface area (Å²) in [5, 5.41) is 11.7. The number of halogens is 2. The molecule has 1 aliphatic heterocycles. The molecule has 1 amide bonds. The number of carbonyl (C=O) groups excluding carboxylic acids is 2. The van der Waals surface area contributed by atoms with Crippen molar-refractivity contribution in [3.05, 3.63) is 93.0 Å². The number of methoxy groups -OCH3 is 1. The summed E-state index contributed by atoms with van der Waals surface area (Å²) in [5.74, 6) is -1.14. The van der Waals surface area contributed by atoms with E-state index in [1.807, 2.05) is 26.0 Å². The number of benzene rings is 3. The number of hydrogen-bond acceptors (Lipinski definition) is 5. The van der Waals surface area contributed by atoms with Crippen molar-refractivity contribution in [1.82, 2.24) is 0 Å². The number of aliphatic hydroxyl groups is 1. The van der Waals surface area contributed by atoms with E-state index in [1.165, 1.54) is 24.1 Å². The molecule has 0 spiro atoms. The van der Waals surface area contributed by atoms with Crippen LogP contribution in [-0.2, 0) is 9.59 Å². The third-order valence-corrected chi connectivity index (χ3v) is 6.34. The highest BCUT2D eigenvalue weighted by Gasteiger charge is 2.47. The van der Waals surface area contributed by atoms with Crippen LogP contribution in [0.5, 0.6) is 11.5 Å². The number of carbonyl (C=O) groups is 2. The monoisotopic (exact) mass is 511 g/mol. The van der Waals surface area contributed by atoms with Gasteiger partial charge in [-0.15, -0.1) is 0 Å². The standard InChI is InChI=1S/C27H23Cl2NO5/c1-4-35-18-10-7-9-16(12-18)23-22(24(31)17-13-19(28)26(34-3)20(29)14-17)25(32)27(33)30(23)21-11-6-5-8-15(21)2/h5-14,23,31H,4H2,1-3H3/b24-22+. The average Bonchev–Trinajstić information content (AvgIpc) is 3.09. The van der Waals surface area contributed by atoms with E-state index in [-0.39, 0.29) is 26.9 Å². The van der Waals surface area contributed by atoms with Gasteiger partial charge in [0, 0.05) is 11.3 Å². The second-order valence-corrected chi connectivity index (χ2v) is 8.75. The van der Waals surface area contributed by atoms with Crippen LogP contribution in [0.2, 0.25) is 10.0 Å². The number of hydrogen-bond donors (Lipinski definition) is 1. The second kappa shape index (κ2) is 10.0. The number of Topliss-reactive ketones (excluding diaryl/α,β-unsaturated/α-hetero) is 1. The Morgan fingerprint density at radius 1 is 1.03 bits per heavy atom. The largest absolute Gasteiger partial charge is 0.507 e. The lowest BCUT2D eigenvalue weighted by atomic mass is 9.94. The van der Waals surface area contributed by atoms with Crippen molar-refractivity contribution in [2.24, 2.45) is 0 Å². The van der Waals surface area contributed by atoms with Gasteiger partial charge in [0.15, 0.2) is 5.75 Å². The third-order valence-electron chi connectivity index (χ3n) is 5.78. The lowest BCUT2D eigenvalue weighted by Gasteiger charge is -2.27. The van der Waals surface area contributed by atoms with E-state index in [0.717, 1.165) is 5.56 Å². The fourth-order valence-corrected chi connectivity index (χ4v) is 4.86. The highest BCUT2D eigenvalue weighted by molar-refractivity contribution is 6.52. The van der Waals surface area contributed by atoms with Gasteiger partial charge in [-0.25, -0.2) is 0 Å². The number of aliphatic hydroxyl groups excluding tert-OH is 1.